The highest BCUT2D eigenvalue weighted by Gasteiger charge is 2.52. The van der Waals surface area contributed by atoms with E-state index in [1.54, 1.807) is 6.07 Å². The summed E-state index contributed by atoms with van der Waals surface area (Å²) in [6.45, 7) is 5.77. The lowest BCUT2D eigenvalue weighted by atomic mass is 9.82. The molecule has 5 aromatic carbocycles. The van der Waals surface area contributed by atoms with Gasteiger partial charge in [-0.25, -0.2) is 9.59 Å². The summed E-state index contributed by atoms with van der Waals surface area (Å²) in [5.74, 6) is -0.526. The minimum atomic E-state index is -1.11. The van der Waals surface area contributed by atoms with Crippen LogP contribution in [0.4, 0.5) is 0 Å². The molecule has 312 valence electrons. The molecule has 1 aromatic heterocycles. The predicted molar refractivity (Wildman–Crippen MR) is 239 cm³/mol. The highest BCUT2D eigenvalue weighted by molar-refractivity contribution is 5.90. The molecule has 0 amide bonds. The van der Waals surface area contributed by atoms with Crippen molar-refractivity contribution in [3.8, 4) is 5.75 Å². The van der Waals surface area contributed by atoms with Gasteiger partial charge in [-0.3, -0.25) is 4.79 Å². The van der Waals surface area contributed by atoms with Gasteiger partial charge in [0.05, 0.1) is 5.56 Å². The third kappa shape index (κ3) is 10.1. The Bertz CT molecular complexity index is 2570. The van der Waals surface area contributed by atoms with E-state index in [1.165, 1.54) is 28.3 Å². The van der Waals surface area contributed by atoms with Gasteiger partial charge in [0.15, 0.2) is 12.2 Å². The summed E-state index contributed by atoms with van der Waals surface area (Å²) in [7, 11) is 0. The summed E-state index contributed by atoms with van der Waals surface area (Å²) < 4.78 is 26.0. The molecule has 4 atom stereocenters. The van der Waals surface area contributed by atoms with Crippen molar-refractivity contribution >= 4 is 22.9 Å². The van der Waals surface area contributed by atoms with Crippen molar-refractivity contribution in [2.24, 2.45) is 5.92 Å². The van der Waals surface area contributed by atoms with Gasteiger partial charge in [-0.1, -0.05) is 115 Å². The van der Waals surface area contributed by atoms with Crippen molar-refractivity contribution in [2.75, 3.05) is 0 Å². The first-order chi connectivity index (χ1) is 29.6. The fraction of sp³-hybridized carbons (Fsp3) is 0.315. The Morgan fingerprint density at radius 3 is 2.11 bits per heavy atom. The fourth-order valence-electron chi connectivity index (χ4n) is 9.05. The fourth-order valence-corrected chi connectivity index (χ4v) is 9.05. The molecule has 0 aliphatic carbocycles. The third-order valence-electron chi connectivity index (χ3n) is 12.4. The first-order valence-electron chi connectivity index (χ1n) is 21.7. The van der Waals surface area contributed by atoms with Crippen LogP contribution in [0.15, 0.2) is 154 Å². The quantitative estimate of drug-likeness (QED) is 0.0815. The zero-order valence-corrected chi connectivity index (χ0v) is 35.4. The summed E-state index contributed by atoms with van der Waals surface area (Å²) in [6, 6.07) is 44.7. The van der Waals surface area contributed by atoms with E-state index in [2.05, 4.69) is 84.9 Å². The molecule has 7 nitrogen and oxygen atoms in total. The summed E-state index contributed by atoms with van der Waals surface area (Å²) in [4.78, 5) is 41.9. The second-order valence-electron chi connectivity index (χ2n) is 17.2. The molecule has 6 aromatic rings. The van der Waals surface area contributed by atoms with E-state index in [0.29, 0.717) is 54.4 Å². The molecule has 0 spiro atoms. The number of allylic oxidation sites excluding steroid dienone is 1. The molecular formula is C54H54O7. The molecule has 0 saturated heterocycles. The molecule has 3 aliphatic heterocycles. The maximum Gasteiger partial charge on any atom is 0.336 e. The molecule has 0 fully saturated rings. The molecule has 2 bridgehead atoms. The largest absolute Gasteiger partial charge is 0.483 e. The average Bonchev–Trinajstić information content (AvgIpc) is 3.25. The smallest absolute Gasteiger partial charge is 0.336 e. The van der Waals surface area contributed by atoms with Crippen molar-refractivity contribution in [2.45, 2.75) is 103 Å². The standard InChI is InChI=1S/C54H54O7/c1-36(2)45-28-25-38-19-21-41(22-20-38)34-43(24-23-40-16-10-17-42(33-40)32-39-14-8-5-9-15-39)35-48(56)59-51-49-46(29-26-44-27-30-47(55)58-50(44)49)61-54(3,52(51)60-53(45)57)31-11-18-37-12-6-4-7-13-37/h4-10,12-17,19-22,26-27,29-30,33,43,51-52H,11,18,23-25,28,31-32,34-35H2,1-3H3/t43-,51-,52-,54-/m0/s1. The van der Waals surface area contributed by atoms with Crippen LogP contribution >= 0.6 is 0 Å². The number of carbonyl (C=O) groups is 2. The van der Waals surface area contributed by atoms with Crippen molar-refractivity contribution in [3.05, 3.63) is 194 Å². The van der Waals surface area contributed by atoms with Gasteiger partial charge in [-0.05, 0) is 136 Å². The van der Waals surface area contributed by atoms with E-state index in [-0.39, 0.29) is 17.9 Å². The van der Waals surface area contributed by atoms with E-state index >= 15 is 0 Å². The van der Waals surface area contributed by atoms with E-state index in [1.807, 2.05) is 57.2 Å². The third-order valence-corrected chi connectivity index (χ3v) is 12.4. The van der Waals surface area contributed by atoms with Gasteiger partial charge >= 0.3 is 17.6 Å². The Morgan fingerprint density at radius 1 is 0.672 bits per heavy atom. The molecule has 0 radical (unpaired) electrons. The first-order valence-corrected chi connectivity index (χ1v) is 21.7. The number of benzene rings is 5. The zero-order chi connectivity index (χ0) is 42.3. The minimum absolute atomic E-state index is 0.0515. The number of hydrogen-bond acceptors (Lipinski definition) is 7. The second kappa shape index (κ2) is 18.6. The monoisotopic (exact) mass is 814 g/mol. The summed E-state index contributed by atoms with van der Waals surface area (Å²) >= 11 is 0. The van der Waals surface area contributed by atoms with Crippen molar-refractivity contribution < 1.29 is 28.2 Å². The van der Waals surface area contributed by atoms with Crippen LogP contribution in [0.1, 0.15) is 97.9 Å². The van der Waals surface area contributed by atoms with E-state index in [9.17, 15) is 14.4 Å². The maximum atomic E-state index is 14.6. The van der Waals surface area contributed by atoms with Crippen molar-refractivity contribution in [1.82, 2.24) is 0 Å². The highest BCUT2D eigenvalue weighted by Crippen LogP contribution is 2.48. The number of ether oxygens (including phenoxy) is 3. The van der Waals surface area contributed by atoms with Crippen molar-refractivity contribution in [3.63, 3.8) is 0 Å². The molecule has 3 aliphatic rings. The lowest BCUT2D eigenvalue weighted by Gasteiger charge is -2.45. The lowest BCUT2D eigenvalue weighted by Crippen LogP contribution is -2.54. The first kappa shape index (κ1) is 41.5. The number of carbonyl (C=O) groups excluding carboxylic acids is 2. The number of aryl methyl sites for hydroxylation is 3. The Labute approximate surface area is 358 Å². The Balaban J connectivity index is 1.16. The highest BCUT2D eigenvalue weighted by atomic mass is 16.6. The molecule has 9 rings (SSSR count). The molecule has 0 unspecified atom stereocenters. The van der Waals surface area contributed by atoms with Gasteiger partial charge in [-0.15, -0.1) is 0 Å². The van der Waals surface area contributed by atoms with Crippen LogP contribution in [-0.2, 0) is 51.2 Å². The van der Waals surface area contributed by atoms with Gasteiger partial charge in [0.25, 0.3) is 0 Å². The van der Waals surface area contributed by atoms with Gasteiger partial charge in [-0.2, -0.15) is 0 Å². The molecule has 7 heteroatoms. The topological polar surface area (TPSA) is 92.0 Å². The summed E-state index contributed by atoms with van der Waals surface area (Å²) in [5.41, 5.74) is 7.57. The molecule has 4 heterocycles. The maximum absolute atomic E-state index is 14.6. The molecule has 0 saturated carbocycles. The number of hydrogen-bond donors (Lipinski definition) is 0. The van der Waals surface area contributed by atoms with Gasteiger partial charge in [0.1, 0.15) is 16.9 Å². The molecule has 0 N–H and O–H groups in total. The van der Waals surface area contributed by atoms with Crippen LogP contribution in [-0.4, -0.2) is 23.6 Å². The molecule has 61 heavy (non-hydrogen) atoms. The van der Waals surface area contributed by atoms with Gasteiger partial charge in [0.2, 0.25) is 0 Å². The number of esters is 2. The Hall–Kier alpha value is -6.21. The normalized spacial score (nSPS) is 20.6. The van der Waals surface area contributed by atoms with Crippen LogP contribution in [0.5, 0.6) is 5.75 Å². The van der Waals surface area contributed by atoms with E-state index in [0.717, 1.165) is 42.4 Å². The SMILES string of the molecule is CC(C)=C1CCc2ccc(cc2)C[C@H](CCc2cccc(Cc3ccccc3)c2)CC(=O)O[C@H]2c3c(ccc4ccc(=O)oc34)O[C@@](C)(CCCc3ccccc3)[C@H]2OC1=O. The van der Waals surface area contributed by atoms with E-state index < -0.39 is 35.4 Å². The summed E-state index contributed by atoms with van der Waals surface area (Å²) in [5, 5.41) is 0.642. The van der Waals surface area contributed by atoms with E-state index in [4.69, 9.17) is 18.6 Å². The van der Waals surface area contributed by atoms with Crippen LogP contribution in [0, 0.1) is 5.92 Å². The van der Waals surface area contributed by atoms with Crippen LogP contribution in [0.2, 0.25) is 0 Å². The predicted octanol–water partition coefficient (Wildman–Crippen LogP) is 11.2. The Morgan fingerprint density at radius 2 is 1.36 bits per heavy atom. The lowest BCUT2D eigenvalue weighted by molar-refractivity contribution is -0.192. The van der Waals surface area contributed by atoms with Crippen LogP contribution in [0.25, 0.3) is 11.0 Å². The average molecular weight is 815 g/mol. The molecular weight excluding hydrogens is 761 g/mol. The Kier molecular flexibility index (Phi) is 12.7. The summed E-state index contributed by atoms with van der Waals surface area (Å²) in [6.07, 6.45) is 4.17. The zero-order valence-electron chi connectivity index (χ0n) is 35.4. The van der Waals surface area contributed by atoms with Crippen LogP contribution < -0.4 is 10.4 Å². The van der Waals surface area contributed by atoms with Crippen molar-refractivity contribution in [1.29, 1.82) is 0 Å². The second-order valence-corrected chi connectivity index (χ2v) is 17.2. The van der Waals surface area contributed by atoms with Gasteiger partial charge in [0, 0.05) is 23.4 Å². The van der Waals surface area contributed by atoms with Crippen LogP contribution in [0.3, 0.4) is 0 Å². The minimum Gasteiger partial charge on any atom is -0.483 e. The van der Waals surface area contributed by atoms with Gasteiger partial charge < -0.3 is 18.6 Å². The number of fused-ring (bicyclic) bond motifs is 13. The number of rotatable bonds is 9.